The second-order valence-electron chi connectivity index (χ2n) is 11.5. The molecule has 3 rings (SSSR count). The number of rotatable bonds is 21. The Bertz CT molecular complexity index is 1150. The van der Waals surface area contributed by atoms with Crippen LogP contribution in [0, 0.1) is 0 Å². The Labute approximate surface area is 259 Å². The summed E-state index contributed by atoms with van der Waals surface area (Å²) in [5.74, 6) is 0.717. The van der Waals surface area contributed by atoms with E-state index < -0.39 is 6.10 Å². The number of carbonyl (C=O) groups is 2. The van der Waals surface area contributed by atoms with Crippen molar-refractivity contribution in [1.29, 1.82) is 0 Å². The average molecular weight is 592 g/mol. The summed E-state index contributed by atoms with van der Waals surface area (Å²) < 4.78 is 11.5. The Morgan fingerprint density at radius 1 is 0.860 bits per heavy atom. The van der Waals surface area contributed by atoms with Gasteiger partial charge in [-0.2, -0.15) is 5.01 Å². The fourth-order valence-corrected chi connectivity index (χ4v) is 5.40. The third kappa shape index (κ3) is 12.4. The molecule has 2 aromatic carbocycles. The fourth-order valence-electron chi connectivity index (χ4n) is 5.40. The monoisotopic (exact) mass is 591 g/mol. The zero-order valence-electron chi connectivity index (χ0n) is 26.7. The first-order valence-corrected chi connectivity index (χ1v) is 16.7. The molecule has 7 nitrogen and oxygen atoms in total. The fraction of sp³-hybridized carbons (Fsp3) is 0.583. The molecule has 1 unspecified atom stereocenters. The lowest BCUT2D eigenvalue weighted by molar-refractivity contribution is -0.122. The first-order valence-electron chi connectivity index (χ1n) is 16.7. The van der Waals surface area contributed by atoms with Crippen molar-refractivity contribution in [1.82, 2.24) is 0 Å². The van der Waals surface area contributed by atoms with Gasteiger partial charge in [0.1, 0.15) is 12.2 Å². The topological polar surface area (TPSA) is 80.2 Å². The quantitative estimate of drug-likeness (QED) is 0.147. The van der Waals surface area contributed by atoms with E-state index in [0.717, 1.165) is 6.42 Å². The average Bonchev–Trinajstić information content (AvgIpc) is 3.38. The molecule has 0 saturated carbocycles. The van der Waals surface area contributed by atoms with E-state index in [1.54, 1.807) is 24.3 Å². The maximum atomic E-state index is 13.1. The number of carbonyl (C=O) groups excluding carboxylic acids is 2. The van der Waals surface area contributed by atoms with Gasteiger partial charge < -0.3 is 14.8 Å². The number of nitrogens with zero attached hydrogens (tertiary/aromatic N) is 2. The van der Waals surface area contributed by atoms with Gasteiger partial charge in [0.15, 0.2) is 6.10 Å². The highest BCUT2D eigenvalue weighted by Crippen LogP contribution is 2.25. The van der Waals surface area contributed by atoms with Gasteiger partial charge in [-0.1, -0.05) is 109 Å². The summed E-state index contributed by atoms with van der Waals surface area (Å²) in [6.07, 6.45) is 18.6. The first kappa shape index (κ1) is 34.1. The Hall–Kier alpha value is -3.35. The molecule has 236 valence electrons. The van der Waals surface area contributed by atoms with Gasteiger partial charge in [0, 0.05) is 5.69 Å². The van der Waals surface area contributed by atoms with Crippen LogP contribution in [-0.4, -0.2) is 30.4 Å². The molecule has 1 atom stereocenters. The van der Waals surface area contributed by atoms with Crippen LogP contribution in [0.25, 0.3) is 0 Å². The molecule has 1 heterocycles. The molecule has 0 radical (unpaired) electrons. The largest absolute Gasteiger partial charge is 0.481 e. The van der Waals surface area contributed by atoms with Crippen molar-refractivity contribution >= 4 is 29.1 Å². The van der Waals surface area contributed by atoms with Crippen molar-refractivity contribution < 1.29 is 19.1 Å². The highest BCUT2D eigenvalue weighted by Gasteiger charge is 2.27. The number of anilines is 2. The normalized spacial score (nSPS) is 13.6. The summed E-state index contributed by atoms with van der Waals surface area (Å²) in [6, 6.07) is 15.2. The number of amides is 2. The lowest BCUT2D eigenvalue weighted by Crippen LogP contribution is -2.32. The number of hydrazone groups is 1. The van der Waals surface area contributed by atoms with Crippen molar-refractivity contribution in [3.05, 3.63) is 54.1 Å². The number of hydrogen-bond donors (Lipinski definition) is 1. The minimum atomic E-state index is -0.633. The van der Waals surface area contributed by atoms with Crippen LogP contribution in [0.15, 0.2) is 53.6 Å². The van der Waals surface area contributed by atoms with E-state index in [0.29, 0.717) is 36.0 Å². The van der Waals surface area contributed by atoms with Gasteiger partial charge in [0.05, 0.1) is 12.3 Å². The van der Waals surface area contributed by atoms with Crippen molar-refractivity contribution in [2.45, 2.75) is 130 Å². The predicted molar refractivity (Wildman–Crippen MR) is 177 cm³/mol. The van der Waals surface area contributed by atoms with E-state index in [1.807, 2.05) is 26.0 Å². The van der Waals surface area contributed by atoms with E-state index in [4.69, 9.17) is 9.47 Å². The minimum absolute atomic E-state index is 0.134. The SMILES string of the molecule is CCCCCCCCCCCCCCCc1cccc(OC(CC)C(=O)Nc2cccc(N3N=C(OCC)CC3=O)c2)c1. The highest BCUT2D eigenvalue weighted by atomic mass is 16.5. The van der Waals surface area contributed by atoms with Crippen LogP contribution in [-0.2, 0) is 20.7 Å². The molecule has 1 aliphatic heterocycles. The van der Waals surface area contributed by atoms with E-state index in [2.05, 4.69) is 29.5 Å². The molecular formula is C36H53N3O4. The number of unbranched alkanes of at least 4 members (excludes halogenated alkanes) is 12. The molecule has 0 spiro atoms. The third-order valence-corrected chi connectivity index (χ3v) is 7.83. The van der Waals surface area contributed by atoms with Crippen LogP contribution in [0.5, 0.6) is 5.75 Å². The highest BCUT2D eigenvalue weighted by molar-refractivity contribution is 6.10. The molecule has 2 amide bonds. The van der Waals surface area contributed by atoms with Gasteiger partial charge >= 0.3 is 0 Å². The predicted octanol–water partition coefficient (Wildman–Crippen LogP) is 9.20. The minimum Gasteiger partial charge on any atom is -0.481 e. The molecule has 0 fully saturated rings. The number of benzene rings is 2. The van der Waals surface area contributed by atoms with Crippen LogP contribution in [0.3, 0.4) is 0 Å². The van der Waals surface area contributed by atoms with Gasteiger partial charge in [-0.15, -0.1) is 5.10 Å². The molecular weight excluding hydrogens is 538 g/mol. The number of ether oxygens (including phenoxy) is 2. The standard InChI is InChI=1S/C36H53N3O4/c1-4-7-8-9-10-11-12-13-14-15-16-17-18-21-29-22-19-25-32(26-29)43-33(5-2)36(41)37-30-23-20-24-31(27-30)39-35(40)28-34(38-39)42-6-3/h19-20,22-27,33H,4-18,21,28H2,1-3H3,(H,37,41). The molecule has 0 bridgehead atoms. The van der Waals surface area contributed by atoms with E-state index in [9.17, 15) is 9.59 Å². The maximum Gasteiger partial charge on any atom is 0.265 e. The van der Waals surface area contributed by atoms with Crippen LogP contribution < -0.4 is 15.1 Å². The number of aryl methyl sites for hydroxylation is 1. The number of nitrogens with one attached hydrogen (secondary N) is 1. The second-order valence-corrected chi connectivity index (χ2v) is 11.5. The smallest absolute Gasteiger partial charge is 0.265 e. The molecule has 1 N–H and O–H groups in total. The Kier molecular flexibility index (Phi) is 15.7. The van der Waals surface area contributed by atoms with E-state index >= 15 is 0 Å². The lowest BCUT2D eigenvalue weighted by atomic mass is 10.0. The summed E-state index contributed by atoms with van der Waals surface area (Å²) in [5, 5.41) is 8.52. The summed E-state index contributed by atoms with van der Waals surface area (Å²) in [6.45, 7) is 6.52. The van der Waals surface area contributed by atoms with Gasteiger partial charge in [-0.05, 0) is 62.1 Å². The second kappa shape index (κ2) is 19.8. The Morgan fingerprint density at radius 2 is 1.51 bits per heavy atom. The van der Waals surface area contributed by atoms with Gasteiger partial charge in [-0.3, -0.25) is 9.59 Å². The molecule has 2 aromatic rings. The lowest BCUT2D eigenvalue weighted by Gasteiger charge is -2.19. The zero-order valence-corrected chi connectivity index (χ0v) is 26.7. The molecule has 7 heteroatoms. The van der Waals surface area contributed by atoms with Gasteiger partial charge in [-0.25, -0.2) is 0 Å². The van der Waals surface area contributed by atoms with Crippen molar-refractivity contribution in [2.75, 3.05) is 16.9 Å². The molecule has 43 heavy (non-hydrogen) atoms. The maximum absolute atomic E-state index is 13.1. The summed E-state index contributed by atoms with van der Waals surface area (Å²) in [4.78, 5) is 25.5. The van der Waals surface area contributed by atoms with Crippen molar-refractivity contribution in [2.24, 2.45) is 5.10 Å². The molecule has 0 aliphatic carbocycles. The zero-order chi connectivity index (χ0) is 30.7. The van der Waals surface area contributed by atoms with Crippen LogP contribution in [0.1, 0.15) is 123 Å². The molecule has 1 aliphatic rings. The van der Waals surface area contributed by atoms with Crippen LogP contribution in [0.2, 0.25) is 0 Å². The van der Waals surface area contributed by atoms with E-state index in [-0.39, 0.29) is 18.2 Å². The Morgan fingerprint density at radius 3 is 2.16 bits per heavy atom. The number of hydrogen-bond acceptors (Lipinski definition) is 5. The van der Waals surface area contributed by atoms with Crippen LogP contribution in [0.4, 0.5) is 11.4 Å². The first-order chi connectivity index (χ1) is 21.0. The van der Waals surface area contributed by atoms with Crippen molar-refractivity contribution in [3.8, 4) is 5.75 Å². The molecule has 0 saturated heterocycles. The third-order valence-electron chi connectivity index (χ3n) is 7.83. The summed E-state index contributed by atoms with van der Waals surface area (Å²) in [7, 11) is 0. The summed E-state index contributed by atoms with van der Waals surface area (Å²) in [5.41, 5.74) is 2.40. The van der Waals surface area contributed by atoms with Gasteiger partial charge in [0.25, 0.3) is 11.8 Å². The summed E-state index contributed by atoms with van der Waals surface area (Å²) >= 11 is 0. The van der Waals surface area contributed by atoms with Crippen molar-refractivity contribution in [3.63, 3.8) is 0 Å². The van der Waals surface area contributed by atoms with E-state index in [1.165, 1.54) is 94.0 Å². The van der Waals surface area contributed by atoms with Crippen LogP contribution >= 0.6 is 0 Å². The van der Waals surface area contributed by atoms with Gasteiger partial charge in [0.2, 0.25) is 5.90 Å². The Balaban J connectivity index is 1.38. The molecule has 0 aromatic heterocycles.